The summed E-state index contributed by atoms with van der Waals surface area (Å²) in [6.45, 7) is 3.63. The molecule has 1 heterocycles. The first-order chi connectivity index (χ1) is 11.5. The Kier molecular flexibility index (Phi) is 4.01. The minimum Gasteiger partial charge on any atom is -0.325 e. The number of pyridine rings is 1. The van der Waals surface area contributed by atoms with Gasteiger partial charge in [0.05, 0.1) is 0 Å². The second-order valence-corrected chi connectivity index (χ2v) is 5.72. The van der Waals surface area contributed by atoms with E-state index in [0.717, 1.165) is 22.3 Å². The highest BCUT2D eigenvalue weighted by Crippen LogP contribution is 2.29. The topological polar surface area (TPSA) is 56.6 Å². The van der Waals surface area contributed by atoms with E-state index in [4.69, 9.17) is 0 Å². The molecule has 0 bridgehead atoms. The maximum Gasteiger partial charge on any atom is 0.266 e. The van der Waals surface area contributed by atoms with Gasteiger partial charge in [-0.25, -0.2) is 4.39 Å². The van der Waals surface area contributed by atoms with E-state index in [9.17, 15) is 14.4 Å². The summed E-state index contributed by atoms with van der Waals surface area (Å²) in [4.78, 5) is 14.6. The summed E-state index contributed by atoms with van der Waals surface area (Å²) < 4.78 is 13.3. The molecule has 0 aliphatic rings. The van der Waals surface area contributed by atoms with Crippen molar-refractivity contribution >= 4 is 0 Å². The molecule has 3 rings (SSSR count). The first kappa shape index (κ1) is 15.7. The lowest BCUT2D eigenvalue weighted by atomic mass is 9.95. The summed E-state index contributed by atoms with van der Waals surface area (Å²) in [5.41, 5.74) is 4.42. The molecule has 118 valence electrons. The molecule has 3 nitrogen and oxygen atoms in total. The molecule has 1 N–H and O–H groups in total. The van der Waals surface area contributed by atoms with Gasteiger partial charge in [-0.15, -0.1) is 0 Å². The van der Waals surface area contributed by atoms with Crippen LogP contribution in [0.3, 0.4) is 0 Å². The minimum absolute atomic E-state index is 0.0913. The van der Waals surface area contributed by atoms with Crippen molar-refractivity contribution in [3.63, 3.8) is 0 Å². The molecular formula is C20H15FN2O. The Morgan fingerprint density at radius 2 is 1.71 bits per heavy atom. The number of nitrogens with zero attached hydrogens (tertiary/aromatic N) is 1. The van der Waals surface area contributed by atoms with Gasteiger partial charge < -0.3 is 4.98 Å². The molecular weight excluding hydrogens is 303 g/mol. The maximum absolute atomic E-state index is 13.3. The van der Waals surface area contributed by atoms with E-state index in [1.807, 2.05) is 37.3 Å². The largest absolute Gasteiger partial charge is 0.325 e. The zero-order valence-electron chi connectivity index (χ0n) is 13.4. The van der Waals surface area contributed by atoms with Crippen LogP contribution in [0.2, 0.25) is 0 Å². The van der Waals surface area contributed by atoms with Gasteiger partial charge >= 0.3 is 0 Å². The van der Waals surface area contributed by atoms with Crippen LogP contribution in [-0.4, -0.2) is 4.98 Å². The Morgan fingerprint density at radius 1 is 1.00 bits per heavy atom. The highest BCUT2D eigenvalue weighted by molar-refractivity contribution is 5.77. The fourth-order valence-electron chi connectivity index (χ4n) is 2.83. The van der Waals surface area contributed by atoms with E-state index in [1.165, 1.54) is 12.1 Å². The van der Waals surface area contributed by atoms with Crippen LogP contribution in [0, 0.1) is 31.0 Å². The fourth-order valence-corrected chi connectivity index (χ4v) is 2.83. The summed E-state index contributed by atoms with van der Waals surface area (Å²) in [5, 5.41) is 9.30. The quantitative estimate of drug-likeness (QED) is 0.764. The second kappa shape index (κ2) is 6.13. The smallest absolute Gasteiger partial charge is 0.266 e. The highest BCUT2D eigenvalue weighted by Gasteiger charge is 2.11. The lowest BCUT2D eigenvalue weighted by Crippen LogP contribution is -2.12. The maximum atomic E-state index is 13.3. The van der Waals surface area contributed by atoms with Crippen LogP contribution < -0.4 is 5.56 Å². The monoisotopic (exact) mass is 318 g/mol. The van der Waals surface area contributed by atoms with Crippen LogP contribution >= 0.6 is 0 Å². The minimum atomic E-state index is -0.393. The number of hydrogen-bond acceptors (Lipinski definition) is 2. The average molecular weight is 318 g/mol. The van der Waals surface area contributed by atoms with Crippen molar-refractivity contribution in [3.05, 3.63) is 81.5 Å². The molecule has 0 amide bonds. The Balaban J connectivity index is 2.20. The molecule has 0 atom stereocenters. The zero-order valence-corrected chi connectivity index (χ0v) is 13.4. The molecule has 0 saturated carbocycles. The van der Waals surface area contributed by atoms with Crippen molar-refractivity contribution in [2.75, 3.05) is 0 Å². The predicted molar refractivity (Wildman–Crippen MR) is 92.1 cm³/mol. The number of aromatic amines is 1. The highest BCUT2D eigenvalue weighted by atomic mass is 19.1. The van der Waals surface area contributed by atoms with Crippen LogP contribution in [0.5, 0.6) is 0 Å². The van der Waals surface area contributed by atoms with Gasteiger partial charge in [0.2, 0.25) is 0 Å². The van der Waals surface area contributed by atoms with Gasteiger partial charge in [-0.1, -0.05) is 24.3 Å². The molecule has 0 aliphatic heterocycles. The van der Waals surface area contributed by atoms with Gasteiger partial charge in [-0.05, 0) is 60.4 Å². The van der Waals surface area contributed by atoms with Crippen molar-refractivity contribution in [2.45, 2.75) is 13.8 Å². The molecule has 3 aromatic rings. The van der Waals surface area contributed by atoms with Gasteiger partial charge in [-0.2, -0.15) is 5.26 Å². The lowest BCUT2D eigenvalue weighted by molar-refractivity contribution is 0.627. The normalized spacial score (nSPS) is 10.4. The van der Waals surface area contributed by atoms with E-state index in [-0.39, 0.29) is 11.4 Å². The van der Waals surface area contributed by atoms with Crippen LogP contribution in [0.25, 0.3) is 22.3 Å². The van der Waals surface area contributed by atoms with E-state index in [0.29, 0.717) is 11.3 Å². The summed E-state index contributed by atoms with van der Waals surface area (Å²) in [7, 11) is 0. The zero-order chi connectivity index (χ0) is 17.3. The number of nitriles is 1. The van der Waals surface area contributed by atoms with Gasteiger partial charge in [-0.3, -0.25) is 4.79 Å². The number of aryl methyl sites for hydroxylation is 2. The number of rotatable bonds is 2. The van der Waals surface area contributed by atoms with E-state index >= 15 is 0 Å². The first-order valence-corrected chi connectivity index (χ1v) is 7.50. The van der Waals surface area contributed by atoms with Crippen LogP contribution in [0.15, 0.2) is 53.3 Å². The van der Waals surface area contributed by atoms with Gasteiger partial charge in [0.25, 0.3) is 5.56 Å². The fraction of sp³-hybridized carbons (Fsp3) is 0.100. The van der Waals surface area contributed by atoms with Gasteiger partial charge in [0.1, 0.15) is 17.4 Å². The first-order valence-electron chi connectivity index (χ1n) is 7.50. The number of aromatic nitrogens is 1. The number of nitrogens with one attached hydrogen (secondary N) is 1. The SMILES string of the molecule is Cc1cc(-c2cccc(-c3ccc(F)cc3C)c2)c(C#N)c(=O)[nH]1. The van der Waals surface area contributed by atoms with Crippen molar-refractivity contribution in [1.82, 2.24) is 4.98 Å². The van der Waals surface area contributed by atoms with E-state index in [1.54, 1.807) is 19.1 Å². The summed E-state index contributed by atoms with van der Waals surface area (Å²) in [6.07, 6.45) is 0. The molecule has 0 unspecified atom stereocenters. The second-order valence-electron chi connectivity index (χ2n) is 5.72. The molecule has 0 aliphatic carbocycles. The number of halogens is 1. The van der Waals surface area contributed by atoms with Gasteiger partial charge in [0, 0.05) is 11.3 Å². The predicted octanol–water partition coefficient (Wildman–Crippen LogP) is 4.34. The number of hydrogen-bond donors (Lipinski definition) is 1. The van der Waals surface area contributed by atoms with Gasteiger partial charge in [0.15, 0.2) is 0 Å². The molecule has 0 radical (unpaired) electrons. The van der Waals surface area contributed by atoms with Crippen molar-refractivity contribution in [2.24, 2.45) is 0 Å². The van der Waals surface area contributed by atoms with Crippen LogP contribution in [0.1, 0.15) is 16.8 Å². The van der Waals surface area contributed by atoms with Crippen LogP contribution in [0.4, 0.5) is 4.39 Å². The molecule has 0 fully saturated rings. The number of benzene rings is 2. The summed E-state index contributed by atoms with van der Waals surface area (Å²) in [6, 6.07) is 16.0. The molecule has 0 spiro atoms. The average Bonchev–Trinajstić information content (AvgIpc) is 2.54. The third-order valence-corrected chi connectivity index (χ3v) is 3.95. The Hall–Kier alpha value is -3.19. The molecule has 2 aromatic carbocycles. The standard InChI is InChI=1S/C20H15FN2O/c1-12-8-16(21)6-7-17(12)14-4-3-5-15(10-14)18-9-13(2)23-20(24)19(18)11-22/h3-10H,1-2H3,(H,23,24). The Labute approximate surface area is 139 Å². The Bertz CT molecular complexity index is 1030. The lowest BCUT2D eigenvalue weighted by Gasteiger charge is -2.10. The van der Waals surface area contributed by atoms with E-state index in [2.05, 4.69) is 4.98 Å². The van der Waals surface area contributed by atoms with Crippen molar-refractivity contribution in [3.8, 4) is 28.3 Å². The molecule has 4 heteroatoms. The summed E-state index contributed by atoms with van der Waals surface area (Å²) >= 11 is 0. The van der Waals surface area contributed by atoms with Crippen molar-refractivity contribution < 1.29 is 4.39 Å². The molecule has 0 saturated heterocycles. The number of H-pyrrole nitrogens is 1. The third-order valence-electron chi connectivity index (χ3n) is 3.95. The Morgan fingerprint density at radius 3 is 2.38 bits per heavy atom. The van der Waals surface area contributed by atoms with E-state index < -0.39 is 5.56 Å². The molecule has 1 aromatic heterocycles. The molecule has 24 heavy (non-hydrogen) atoms. The third kappa shape index (κ3) is 2.84. The summed E-state index contributed by atoms with van der Waals surface area (Å²) in [5.74, 6) is -0.274. The van der Waals surface area contributed by atoms with Crippen LogP contribution in [-0.2, 0) is 0 Å². The van der Waals surface area contributed by atoms with Crippen molar-refractivity contribution in [1.29, 1.82) is 5.26 Å².